The lowest BCUT2D eigenvalue weighted by Crippen LogP contribution is -2.21. The van der Waals surface area contributed by atoms with Gasteiger partial charge in [-0.2, -0.15) is 0 Å². The van der Waals surface area contributed by atoms with E-state index >= 15 is 0 Å². The minimum absolute atomic E-state index is 0.171. The van der Waals surface area contributed by atoms with E-state index in [0.29, 0.717) is 0 Å². The van der Waals surface area contributed by atoms with Crippen molar-refractivity contribution in [2.75, 3.05) is 0 Å². The Morgan fingerprint density at radius 2 is 1.95 bits per heavy atom. The van der Waals surface area contributed by atoms with Gasteiger partial charge in [0.25, 0.3) is 0 Å². The number of benzene rings is 2. The van der Waals surface area contributed by atoms with E-state index in [0.717, 1.165) is 27.2 Å². The molecule has 4 heteroatoms. The normalized spacial score (nSPS) is 16.1. The molecule has 0 saturated carbocycles. The van der Waals surface area contributed by atoms with Crippen LogP contribution in [0.2, 0.25) is 0 Å². The Balaban J connectivity index is 1.90. The summed E-state index contributed by atoms with van der Waals surface area (Å²) in [6.45, 7) is 0. The van der Waals surface area contributed by atoms with Gasteiger partial charge in [-0.25, -0.2) is 4.98 Å². The Kier molecular flexibility index (Phi) is 2.63. The molecule has 2 aromatic carbocycles. The molecule has 2 heterocycles. The molecule has 20 heavy (non-hydrogen) atoms. The first-order valence-corrected chi connectivity index (χ1v) is 7.16. The lowest BCUT2D eigenvalue weighted by molar-refractivity contribution is 0.168. The Labute approximate surface area is 125 Å². The van der Waals surface area contributed by atoms with Gasteiger partial charge in [0.2, 0.25) is 6.23 Å². The number of halogens is 1. The molecule has 0 amide bonds. The molecule has 3 nitrogen and oxygen atoms in total. The highest BCUT2D eigenvalue weighted by Crippen LogP contribution is 2.40. The topological polar surface area (TPSA) is 27.1 Å². The van der Waals surface area contributed by atoms with E-state index < -0.39 is 0 Å². The molecule has 1 aliphatic heterocycles. The number of hydrogen-bond acceptors (Lipinski definition) is 2. The minimum Gasteiger partial charge on any atom is -0.465 e. The summed E-state index contributed by atoms with van der Waals surface area (Å²) in [7, 11) is 0. The number of aromatic nitrogens is 2. The van der Waals surface area contributed by atoms with Crippen LogP contribution in [0, 0.1) is 0 Å². The van der Waals surface area contributed by atoms with Gasteiger partial charge in [-0.3, -0.25) is 4.57 Å². The third kappa shape index (κ3) is 1.76. The standard InChI is InChI=1S/C16H11BrN2O/c17-12-6-7-13-14(10-12)20-16(11-4-2-1-3-5-11)19-9-8-18-15(13)19/h1-10,16H. The number of imidazole rings is 1. The number of nitrogens with zero attached hydrogens (tertiary/aromatic N) is 2. The van der Waals surface area contributed by atoms with Gasteiger partial charge in [0.1, 0.15) is 11.6 Å². The van der Waals surface area contributed by atoms with Gasteiger partial charge in [-0.1, -0.05) is 46.3 Å². The van der Waals surface area contributed by atoms with Crippen LogP contribution >= 0.6 is 15.9 Å². The maximum absolute atomic E-state index is 6.18. The summed E-state index contributed by atoms with van der Waals surface area (Å²) < 4.78 is 9.24. The molecule has 3 aromatic rings. The summed E-state index contributed by atoms with van der Waals surface area (Å²) >= 11 is 3.49. The highest BCUT2D eigenvalue weighted by molar-refractivity contribution is 9.10. The highest BCUT2D eigenvalue weighted by atomic mass is 79.9. The SMILES string of the molecule is Brc1ccc2c(c1)OC(c1ccccc1)n1ccnc1-2. The Morgan fingerprint density at radius 3 is 2.80 bits per heavy atom. The highest BCUT2D eigenvalue weighted by Gasteiger charge is 2.27. The van der Waals surface area contributed by atoms with E-state index in [4.69, 9.17) is 4.74 Å². The zero-order valence-electron chi connectivity index (χ0n) is 10.5. The van der Waals surface area contributed by atoms with Crippen molar-refractivity contribution in [3.8, 4) is 17.1 Å². The second kappa shape index (κ2) is 4.49. The number of fused-ring (bicyclic) bond motifs is 3. The van der Waals surface area contributed by atoms with Gasteiger partial charge in [0.15, 0.2) is 0 Å². The average molecular weight is 327 g/mol. The van der Waals surface area contributed by atoms with Crippen LogP contribution in [0.4, 0.5) is 0 Å². The zero-order chi connectivity index (χ0) is 13.5. The predicted octanol–water partition coefficient (Wildman–Crippen LogP) is 4.25. The molecular formula is C16H11BrN2O. The molecular weight excluding hydrogens is 316 g/mol. The summed E-state index contributed by atoms with van der Waals surface area (Å²) in [5.41, 5.74) is 2.13. The van der Waals surface area contributed by atoms with Crippen molar-refractivity contribution in [1.82, 2.24) is 9.55 Å². The molecule has 4 rings (SSSR count). The first-order valence-electron chi connectivity index (χ1n) is 6.37. The van der Waals surface area contributed by atoms with Gasteiger partial charge >= 0.3 is 0 Å². The average Bonchev–Trinajstić information content (AvgIpc) is 2.96. The molecule has 1 unspecified atom stereocenters. The van der Waals surface area contributed by atoms with Crippen LogP contribution in [0.5, 0.6) is 5.75 Å². The fraction of sp³-hybridized carbons (Fsp3) is 0.0625. The van der Waals surface area contributed by atoms with Gasteiger partial charge in [0.05, 0.1) is 5.56 Å². The molecule has 98 valence electrons. The first kappa shape index (κ1) is 11.7. The van der Waals surface area contributed by atoms with Crippen LogP contribution in [0.25, 0.3) is 11.4 Å². The molecule has 0 aliphatic carbocycles. The molecule has 1 aliphatic rings. The lowest BCUT2D eigenvalue weighted by atomic mass is 10.1. The predicted molar refractivity (Wildman–Crippen MR) is 80.6 cm³/mol. The summed E-state index contributed by atoms with van der Waals surface area (Å²) in [5.74, 6) is 1.79. The van der Waals surface area contributed by atoms with E-state index in [-0.39, 0.29) is 6.23 Å². The Hall–Kier alpha value is -2.07. The first-order chi connectivity index (χ1) is 9.83. The molecule has 0 saturated heterocycles. The summed E-state index contributed by atoms with van der Waals surface area (Å²) in [6.07, 6.45) is 3.60. The summed E-state index contributed by atoms with van der Waals surface area (Å²) in [6, 6.07) is 16.2. The molecule has 1 atom stereocenters. The maximum Gasteiger partial charge on any atom is 0.203 e. The molecule has 0 radical (unpaired) electrons. The van der Waals surface area contributed by atoms with Crippen molar-refractivity contribution < 1.29 is 4.74 Å². The largest absolute Gasteiger partial charge is 0.465 e. The van der Waals surface area contributed by atoms with E-state index in [1.165, 1.54) is 0 Å². The van der Waals surface area contributed by atoms with Crippen LogP contribution < -0.4 is 4.74 Å². The van der Waals surface area contributed by atoms with Crippen LogP contribution in [0.15, 0.2) is 65.4 Å². The zero-order valence-corrected chi connectivity index (χ0v) is 12.1. The van der Waals surface area contributed by atoms with Crippen molar-refractivity contribution in [2.45, 2.75) is 6.23 Å². The van der Waals surface area contributed by atoms with Gasteiger partial charge in [0, 0.05) is 22.4 Å². The summed E-state index contributed by atoms with van der Waals surface area (Å²) in [5, 5.41) is 0. The Morgan fingerprint density at radius 1 is 1.10 bits per heavy atom. The molecule has 0 N–H and O–H groups in total. The van der Waals surface area contributed by atoms with Gasteiger partial charge in [-0.05, 0) is 18.2 Å². The lowest BCUT2D eigenvalue weighted by Gasteiger charge is -2.28. The second-order valence-electron chi connectivity index (χ2n) is 4.68. The smallest absolute Gasteiger partial charge is 0.203 e. The van der Waals surface area contributed by atoms with Crippen molar-refractivity contribution in [3.63, 3.8) is 0 Å². The van der Waals surface area contributed by atoms with Crippen LogP contribution in [0.3, 0.4) is 0 Å². The van der Waals surface area contributed by atoms with Gasteiger partial charge in [-0.15, -0.1) is 0 Å². The number of ether oxygens (including phenoxy) is 1. The van der Waals surface area contributed by atoms with Crippen LogP contribution in [-0.4, -0.2) is 9.55 Å². The Bertz CT molecular complexity index is 767. The monoisotopic (exact) mass is 326 g/mol. The van der Waals surface area contributed by atoms with Crippen molar-refractivity contribution >= 4 is 15.9 Å². The molecule has 1 aromatic heterocycles. The van der Waals surface area contributed by atoms with Crippen molar-refractivity contribution in [2.24, 2.45) is 0 Å². The fourth-order valence-electron chi connectivity index (χ4n) is 2.51. The summed E-state index contributed by atoms with van der Waals surface area (Å²) in [4.78, 5) is 4.47. The van der Waals surface area contributed by atoms with E-state index in [2.05, 4.69) is 37.6 Å². The number of rotatable bonds is 1. The molecule has 0 spiro atoms. The minimum atomic E-state index is -0.171. The fourth-order valence-corrected chi connectivity index (χ4v) is 2.85. The second-order valence-corrected chi connectivity index (χ2v) is 5.60. The van der Waals surface area contributed by atoms with Crippen molar-refractivity contribution in [1.29, 1.82) is 0 Å². The molecule has 0 bridgehead atoms. The van der Waals surface area contributed by atoms with E-state index in [1.807, 2.05) is 48.8 Å². The van der Waals surface area contributed by atoms with Gasteiger partial charge < -0.3 is 4.74 Å². The third-order valence-corrected chi connectivity index (χ3v) is 3.92. The van der Waals surface area contributed by atoms with Crippen LogP contribution in [-0.2, 0) is 0 Å². The quantitative estimate of drug-likeness (QED) is 0.668. The van der Waals surface area contributed by atoms with E-state index in [1.54, 1.807) is 0 Å². The number of hydrogen-bond donors (Lipinski definition) is 0. The third-order valence-electron chi connectivity index (χ3n) is 3.43. The van der Waals surface area contributed by atoms with E-state index in [9.17, 15) is 0 Å². The maximum atomic E-state index is 6.18. The molecule has 0 fully saturated rings. The van der Waals surface area contributed by atoms with Crippen molar-refractivity contribution in [3.05, 3.63) is 71.0 Å². The van der Waals surface area contributed by atoms with Crippen LogP contribution in [0.1, 0.15) is 11.8 Å².